The molecule has 0 saturated carbocycles. The first kappa shape index (κ1) is 16.2. The fourth-order valence-corrected chi connectivity index (χ4v) is 1.77. The van der Waals surface area contributed by atoms with E-state index in [2.05, 4.69) is 19.2 Å². The van der Waals surface area contributed by atoms with E-state index in [9.17, 15) is 9.59 Å². The van der Waals surface area contributed by atoms with Crippen molar-refractivity contribution in [2.45, 2.75) is 40.0 Å². The molecule has 0 aliphatic carbocycles. The van der Waals surface area contributed by atoms with E-state index in [-0.39, 0.29) is 5.91 Å². The summed E-state index contributed by atoms with van der Waals surface area (Å²) in [6.07, 6.45) is 0.469. The third-order valence-corrected chi connectivity index (χ3v) is 3.69. The summed E-state index contributed by atoms with van der Waals surface area (Å²) in [5.74, 6) is -0.718. The number of carboxylic acids is 1. The summed E-state index contributed by atoms with van der Waals surface area (Å²) in [4.78, 5) is 22.9. The highest BCUT2D eigenvalue weighted by Crippen LogP contribution is 2.20. The number of carbonyl (C=O) groups is 2. The van der Waals surface area contributed by atoms with Crippen LogP contribution in [0.3, 0.4) is 0 Å². The topological polar surface area (TPSA) is 66.4 Å². The molecule has 0 saturated heterocycles. The van der Waals surface area contributed by atoms with Crippen LogP contribution >= 0.6 is 0 Å². The number of anilines is 1. The normalized spacial score (nSPS) is 13.8. The molecule has 0 heterocycles. The lowest BCUT2D eigenvalue weighted by Gasteiger charge is -2.15. The number of hydrogen-bond donors (Lipinski definition) is 2. The Balaban J connectivity index is 2.71. The Bertz CT molecular complexity index is 482. The van der Waals surface area contributed by atoms with E-state index in [1.165, 1.54) is 0 Å². The van der Waals surface area contributed by atoms with Gasteiger partial charge in [0.25, 0.3) is 0 Å². The Morgan fingerprint density at radius 2 is 1.85 bits per heavy atom. The van der Waals surface area contributed by atoms with Gasteiger partial charge in [0, 0.05) is 12.1 Å². The SMILES string of the molecule is CC(C(=O)O)c1cccc(NC(=O)CC(C)C(C)C)c1. The van der Waals surface area contributed by atoms with E-state index in [1.54, 1.807) is 31.2 Å². The van der Waals surface area contributed by atoms with Crippen molar-refractivity contribution in [3.63, 3.8) is 0 Å². The van der Waals surface area contributed by atoms with Crippen molar-refractivity contribution >= 4 is 17.6 Å². The Labute approximate surface area is 120 Å². The van der Waals surface area contributed by atoms with Crippen molar-refractivity contribution in [3.8, 4) is 0 Å². The zero-order chi connectivity index (χ0) is 15.3. The Kier molecular flexibility index (Phi) is 5.74. The Hall–Kier alpha value is -1.84. The van der Waals surface area contributed by atoms with Gasteiger partial charge in [0.1, 0.15) is 0 Å². The van der Waals surface area contributed by atoms with E-state index in [0.29, 0.717) is 29.5 Å². The lowest BCUT2D eigenvalue weighted by Crippen LogP contribution is -2.18. The summed E-state index contributed by atoms with van der Waals surface area (Å²) in [5, 5.41) is 11.8. The molecule has 2 atom stereocenters. The van der Waals surface area contributed by atoms with Gasteiger partial charge in [-0.2, -0.15) is 0 Å². The van der Waals surface area contributed by atoms with Crippen LogP contribution in [0.2, 0.25) is 0 Å². The summed E-state index contributed by atoms with van der Waals surface area (Å²) >= 11 is 0. The largest absolute Gasteiger partial charge is 0.481 e. The summed E-state index contributed by atoms with van der Waals surface area (Å²) in [7, 11) is 0. The minimum atomic E-state index is -0.873. The average Bonchev–Trinajstić information content (AvgIpc) is 2.37. The number of hydrogen-bond acceptors (Lipinski definition) is 2. The number of nitrogens with one attached hydrogen (secondary N) is 1. The standard InChI is InChI=1S/C16H23NO3/c1-10(2)11(3)8-15(18)17-14-7-5-6-13(9-14)12(4)16(19)20/h5-7,9-12H,8H2,1-4H3,(H,17,18)(H,19,20). The molecule has 0 aliphatic rings. The lowest BCUT2D eigenvalue weighted by atomic mass is 9.94. The number of aliphatic carboxylic acids is 1. The van der Waals surface area contributed by atoms with Crippen LogP contribution in [0.1, 0.15) is 45.6 Å². The lowest BCUT2D eigenvalue weighted by molar-refractivity contribution is -0.138. The fourth-order valence-electron chi connectivity index (χ4n) is 1.77. The number of rotatable bonds is 6. The molecule has 4 nitrogen and oxygen atoms in total. The first-order chi connectivity index (χ1) is 9.31. The second kappa shape index (κ2) is 7.08. The van der Waals surface area contributed by atoms with Gasteiger partial charge in [0.15, 0.2) is 0 Å². The van der Waals surface area contributed by atoms with Gasteiger partial charge in [-0.15, -0.1) is 0 Å². The average molecular weight is 277 g/mol. The maximum Gasteiger partial charge on any atom is 0.310 e. The molecule has 20 heavy (non-hydrogen) atoms. The van der Waals surface area contributed by atoms with E-state index >= 15 is 0 Å². The van der Waals surface area contributed by atoms with Crippen molar-refractivity contribution in [1.29, 1.82) is 0 Å². The van der Waals surface area contributed by atoms with E-state index in [4.69, 9.17) is 5.11 Å². The summed E-state index contributed by atoms with van der Waals surface area (Å²) in [5.41, 5.74) is 1.34. The molecule has 2 unspecified atom stereocenters. The number of amides is 1. The predicted octanol–water partition coefficient (Wildman–Crippen LogP) is 3.50. The van der Waals surface area contributed by atoms with Gasteiger partial charge in [-0.3, -0.25) is 9.59 Å². The van der Waals surface area contributed by atoms with Gasteiger partial charge in [0.05, 0.1) is 5.92 Å². The molecule has 110 valence electrons. The van der Waals surface area contributed by atoms with Crippen molar-refractivity contribution in [1.82, 2.24) is 0 Å². The van der Waals surface area contributed by atoms with Gasteiger partial charge in [0.2, 0.25) is 5.91 Å². The molecule has 0 bridgehead atoms. The Morgan fingerprint density at radius 1 is 1.20 bits per heavy atom. The molecule has 1 rings (SSSR count). The molecule has 0 fully saturated rings. The first-order valence-corrected chi connectivity index (χ1v) is 6.94. The molecule has 0 aliphatic heterocycles. The predicted molar refractivity (Wildman–Crippen MR) is 79.7 cm³/mol. The molecule has 1 amide bonds. The summed E-state index contributed by atoms with van der Waals surface area (Å²) in [6.45, 7) is 7.86. The second-order valence-corrected chi connectivity index (χ2v) is 5.66. The number of benzene rings is 1. The minimum Gasteiger partial charge on any atom is -0.481 e. The van der Waals surface area contributed by atoms with Gasteiger partial charge in [-0.05, 0) is 36.5 Å². The quantitative estimate of drug-likeness (QED) is 0.836. The highest BCUT2D eigenvalue weighted by Gasteiger charge is 2.15. The molecule has 0 radical (unpaired) electrons. The van der Waals surface area contributed by atoms with Gasteiger partial charge in [-0.1, -0.05) is 32.9 Å². The van der Waals surface area contributed by atoms with Gasteiger partial charge >= 0.3 is 5.97 Å². The van der Waals surface area contributed by atoms with Crippen LogP contribution in [0.4, 0.5) is 5.69 Å². The van der Waals surface area contributed by atoms with Gasteiger partial charge in [-0.25, -0.2) is 0 Å². The summed E-state index contributed by atoms with van der Waals surface area (Å²) < 4.78 is 0. The molecule has 4 heteroatoms. The van der Waals surface area contributed by atoms with Crippen molar-refractivity contribution in [2.75, 3.05) is 5.32 Å². The zero-order valence-electron chi connectivity index (χ0n) is 12.5. The van der Waals surface area contributed by atoms with Crippen LogP contribution in [0.5, 0.6) is 0 Å². The molecule has 1 aromatic rings. The fraction of sp³-hybridized carbons (Fsp3) is 0.500. The van der Waals surface area contributed by atoms with Crippen LogP contribution in [-0.4, -0.2) is 17.0 Å². The molecule has 2 N–H and O–H groups in total. The highest BCUT2D eigenvalue weighted by molar-refractivity contribution is 5.91. The smallest absolute Gasteiger partial charge is 0.310 e. The van der Waals surface area contributed by atoms with Crippen LogP contribution in [-0.2, 0) is 9.59 Å². The van der Waals surface area contributed by atoms with Crippen LogP contribution in [0.15, 0.2) is 24.3 Å². The van der Waals surface area contributed by atoms with Crippen LogP contribution in [0.25, 0.3) is 0 Å². The van der Waals surface area contributed by atoms with Crippen molar-refractivity contribution in [3.05, 3.63) is 29.8 Å². The maximum absolute atomic E-state index is 11.9. The van der Waals surface area contributed by atoms with E-state index < -0.39 is 11.9 Å². The van der Waals surface area contributed by atoms with Crippen LogP contribution in [0, 0.1) is 11.8 Å². The van der Waals surface area contributed by atoms with Crippen molar-refractivity contribution in [2.24, 2.45) is 11.8 Å². The molecular weight excluding hydrogens is 254 g/mol. The molecule has 1 aromatic carbocycles. The first-order valence-electron chi connectivity index (χ1n) is 6.94. The molecular formula is C16H23NO3. The number of carboxylic acid groups (broad SMARTS) is 1. The van der Waals surface area contributed by atoms with Crippen molar-refractivity contribution < 1.29 is 14.7 Å². The number of carbonyl (C=O) groups excluding carboxylic acids is 1. The molecule has 0 aromatic heterocycles. The van der Waals surface area contributed by atoms with Gasteiger partial charge < -0.3 is 10.4 Å². The third kappa shape index (κ3) is 4.68. The monoisotopic (exact) mass is 277 g/mol. The summed E-state index contributed by atoms with van der Waals surface area (Å²) in [6, 6.07) is 7.01. The second-order valence-electron chi connectivity index (χ2n) is 5.66. The van der Waals surface area contributed by atoms with E-state index in [0.717, 1.165) is 0 Å². The Morgan fingerprint density at radius 3 is 2.40 bits per heavy atom. The highest BCUT2D eigenvalue weighted by atomic mass is 16.4. The molecule has 0 spiro atoms. The zero-order valence-corrected chi connectivity index (χ0v) is 12.5. The van der Waals surface area contributed by atoms with E-state index in [1.807, 2.05) is 6.92 Å². The minimum absolute atomic E-state index is 0.0358. The third-order valence-electron chi connectivity index (χ3n) is 3.69. The maximum atomic E-state index is 11.9. The van der Waals surface area contributed by atoms with Crippen LogP contribution < -0.4 is 5.32 Å².